The fourth-order valence-corrected chi connectivity index (χ4v) is 3.84. The zero-order valence-corrected chi connectivity index (χ0v) is 24.8. The smallest absolute Gasteiger partial charge is 0.0894 e. The van der Waals surface area contributed by atoms with E-state index < -0.39 is 0 Å². The normalized spacial score (nSPS) is 14.2. The largest absolute Gasteiger partial charge is 0.383 e. The number of morpholine rings is 1. The summed E-state index contributed by atoms with van der Waals surface area (Å²) in [5.41, 5.74) is 10.5. The van der Waals surface area contributed by atoms with Crippen LogP contribution in [0.3, 0.4) is 0 Å². The van der Waals surface area contributed by atoms with Crippen LogP contribution in [-0.2, 0) is 16.0 Å². The van der Waals surface area contributed by atoms with E-state index in [1.807, 2.05) is 27.7 Å². The molecule has 7 nitrogen and oxygen atoms in total. The summed E-state index contributed by atoms with van der Waals surface area (Å²) >= 11 is 0. The van der Waals surface area contributed by atoms with Gasteiger partial charge in [0, 0.05) is 37.5 Å². The Balaban J connectivity index is 0.00000163. The summed E-state index contributed by atoms with van der Waals surface area (Å²) in [6, 6.07) is 8.60. The highest BCUT2D eigenvalue weighted by Crippen LogP contribution is 2.30. The second kappa shape index (κ2) is 18.0. The number of pyridine rings is 2. The zero-order chi connectivity index (χ0) is 27.8. The zero-order valence-electron chi connectivity index (χ0n) is 24.8. The van der Waals surface area contributed by atoms with Gasteiger partial charge in [-0.2, -0.15) is 0 Å². The van der Waals surface area contributed by atoms with Gasteiger partial charge < -0.3 is 14.8 Å². The summed E-state index contributed by atoms with van der Waals surface area (Å²) in [5, 5.41) is 5.72. The SMILES string of the molecule is C=C(CC)c1nc(-c2ccc(C(C)C)nc2CNN2CCOCC2)ccc1NC(C)COC.CC.CC. The van der Waals surface area contributed by atoms with E-state index in [1.54, 1.807) is 7.11 Å². The molecule has 3 heterocycles. The number of hydrazine groups is 1. The number of allylic oxidation sites excluding steroid dienone is 1. The topological polar surface area (TPSA) is 71.5 Å². The first-order valence-corrected chi connectivity index (χ1v) is 13.9. The van der Waals surface area contributed by atoms with Gasteiger partial charge in [0.05, 0.1) is 49.1 Å². The molecule has 0 spiro atoms. The fraction of sp³-hybridized carbons (Fsp3) is 0.600. The molecule has 208 valence electrons. The van der Waals surface area contributed by atoms with Crippen molar-refractivity contribution in [3.8, 4) is 11.3 Å². The van der Waals surface area contributed by atoms with Gasteiger partial charge in [0.15, 0.2) is 0 Å². The van der Waals surface area contributed by atoms with Crippen LogP contribution in [-0.4, -0.2) is 61.0 Å². The molecule has 3 rings (SSSR count). The van der Waals surface area contributed by atoms with Crippen LogP contribution in [0.25, 0.3) is 16.8 Å². The number of hydrogen-bond acceptors (Lipinski definition) is 7. The molecular formula is C30H51N5O2. The molecule has 1 aliphatic heterocycles. The van der Waals surface area contributed by atoms with E-state index in [2.05, 4.69) is 74.3 Å². The number of ether oxygens (including phenoxy) is 2. The Labute approximate surface area is 226 Å². The Kier molecular flexibility index (Phi) is 15.9. The van der Waals surface area contributed by atoms with Crippen molar-refractivity contribution in [3.05, 3.63) is 47.9 Å². The van der Waals surface area contributed by atoms with Gasteiger partial charge in [-0.15, -0.1) is 0 Å². The minimum Gasteiger partial charge on any atom is -0.383 e. The molecule has 0 radical (unpaired) electrons. The van der Waals surface area contributed by atoms with Crippen LogP contribution in [0.4, 0.5) is 5.69 Å². The lowest BCUT2D eigenvalue weighted by molar-refractivity contribution is 0.0104. The van der Waals surface area contributed by atoms with Crippen LogP contribution < -0.4 is 10.7 Å². The maximum absolute atomic E-state index is 5.47. The maximum atomic E-state index is 5.47. The number of rotatable bonds is 11. The molecule has 0 amide bonds. The number of aromatic nitrogens is 2. The van der Waals surface area contributed by atoms with Crippen molar-refractivity contribution in [3.63, 3.8) is 0 Å². The number of hydrogen-bond donors (Lipinski definition) is 2. The molecule has 1 aliphatic rings. The quantitative estimate of drug-likeness (QED) is 0.354. The van der Waals surface area contributed by atoms with Crippen LogP contribution in [0.5, 0.6) is 0 Å². The van der Waals surface area contributed by atoms with E-state index in [0.717, 1.165) is 72.3 Å². The van der Waals surface area contributed by atoms with Gasteiger partial charge in [-0.3, -0.25) is 4.98 Å². The van der Waals surface area contributed by atoms with Crippen molar-refractivity contribution >= 4 is 11.3 Å². The molecule has 0 aromatic carbocycles. The molecular weight excluding hydrogens is 462 g/mol. The summed E-state index contributed by atoms with van der Waals surface area (Å²) in [6.45, 7) is 25.3. The lowest BCUT2D eigenvalue weighted by atomic mass is 10.0. The van der Waals surface area contributed by atoms with Gasteiger partial charge in [-0.05, 0) is 49.1 Å². The standard InChI is InChI=1S/C26H39N5O2.2C2H6/c1-7-19(4)26-24(28-20(5)17-32-6)11-10-23(30-26)21-8-9-22(18(2)3)29-25(21)16-27-31-12-14-33-15-13-31;2*1-2/h8-11,18,20,27-28H,4,7,12-17H2,1-3,5-6H3;2*1-2H3. The Bertz CT molecular complexity index is 926. The van der Waals surface area contributed by atoms with Crippen molar-refractivity contribution < 1.29 is 9.47 Å². The lowest BCUT2D eigenvalue weighted by Crippen LogP contribution is -2.45. The summed E-state index contributed by atoms with van der Waals surface area (Å²) < 4.78 is 10.8. The van der Waals surface area contributed by atoms with E-state index in [9.17, 15) is 0 Å². The highest BCUT2D eigenvalue weighted by molar-refractivity contribution is 5.75. The molecule has 1 unspecified atom stereocenters. The van der Waals surface area contributed by atoms with Crippen molar-refractivity contribution in [1.82, 2.24) is 20.4 Å². The Morgan fingerprint density at radius 2 is 1.73 bits per heavy atom. The van der Waals surface area contributed by atoms with E-state index in [0.29, 0.717) is 19.1 Å². The first-order chi connectivity index (χ1) is 17.9. The summed E-state index contributed by atoms with van der Waals surface area (Å²) in [5.74, 6) is 0.360. The number of nitrogens with one attached hydrogen (secondary N) is 2. The molecule has 2 aromatic heterocycles. The molecule has 0 bridgehead atoms. The molecule has 1 atom stereocenters. The minimum absolute atomic E-state index is 0.173. The van der Waals surface area contributed by atoms with Crippen LogP contribution in [0.1, 0.15) is 84.8 Å². The Morgan fingerprint density at radius 1 is 1.05 bits per heavy atom. The van der Waals surface area contributed by atoms with Gasteiger partial charge in [-0.25, -0.2) is 15.4 Å². The molecule has 2 aromatic rings. The predicted octanol–water partition coefficient (Wildman–Crippen LogP) is 6.53. The van der Waals surface area contributed by atoms with Gasteiger partial charge in [0.25, 0.3) is 0 Å². The first kappa shape index (κ1) is 32.7. The predicted molar refractivity (Wildman–Crippen MR) is 158 cm³/mol. The maximum Gasteiger partial charge on any atom is 0.0894 e. The highest BCUT2D eigenvalue weighted by atomic mass is 16.5. The average molecular weight is 514 g/mol. The first-order valence-electron chi connectivity index (χ1n) is 13.9. The summed E-state index contributed by atoms with van der Waals surface area (Å²) in [4.78, 5) is 10.1. The molecule has 0 aliphatic carbocycles. The van der Waals surface area contributed by atoms with Crippen LogP contribution in [0.2, 0.25) is 0 Å². The van der Waals surface area contributed by atoms with E-state index in [1.165, 1.54) is 0 Å². The minimum atomic E-state index is 0.173. The van der Waals surface area contributed by atoms with Crippen LogP contribution in [0, 0.1) is 0 Å². The van der Waals surface area contributed by atoms with Gasteiger partial charge >= 0.3 is 0 Å². The summed E-state index contributed by atoms with van der Waals surface area (Å²) in [7, 11) is 1.71. The van der Waals surface area contributed by atoms with E-state index >= 15 is 0 Å². The third kappa shape index (κ3) is 10.2. The van der Waals surface area contributed by atoms with Crippen molar-refractivity contribution in [2.45, 2.75) is 80.3 Å². The molecule has 7 heteroatoms. The van der Waals surface area contributed by atoms with E-state index in [-0.39, 0.29) is 6.04 Å². The average Bonchev–Trinajstić information content (AvgIpc) is 2.94. The molecule has 37 heavy (non-hydrogen) atoms. The highest BCUT2D eigenvalue weighted by Gasteiger charge is 2.17. The van der Waals surface area contributed by atoms with Gasteiger partial charge in [0.1, 0.15) is 0 Å². The number of nitrogens with zero attached hydrogens (tertiary/aromatic N) is 3. The van der Waals surface area contributed by atoms with Gasteiger partial charge in [0.2, 0.25) is 0 Å². The lowest BCUT2D eigenvalue weighted by Gasteiger charge is -2.27. The third-order valence-electron chi connectivity index (χ3n) is 5.82. The molecule has 1 fully saturated rings. The van der Waals surface area contributed by atoms with Crippen molar-refractivity contribution in [2.24, 2.45) is 0 Å². The molecule has 2 N–H and O–H groups in total. The van der Waals surface area contributed by atoms with E-state index in [4.69, 9.17) is 19.4 Å². The van der Waals surface area contributed by atoms with Crippen molar-refractivity contribution in [1.29, 1.82) is 0 Å². The fourth-order valence-electron chi connectivity index (χ4n) is 3.84. The van der Waals surface area contributed by atoms with Crippen LogP contribution in [0.15, 0.2) is 30.8 Å². The second-order valence-electron chi connectivity index (χ2n) is 8.87. The van der Waals surface area contributed by atoms with Crippen molar-refractivity contribution in [2.75, 3.05) is 45.3 Å². The Hall–Kier alpha value is -2.32. The van der Waals surface area contributed by atoms with Crippen LogP contribution >= 0.6 is 0 Å². The third-order valence-corrected chi connectivity index (χ3v) is 5.82. The number of methoxy groups -OCH3 is 1. The monoisotopic (exact) mass is 513 g/mol. The second-order valence-corrected chi connectivity index (χ2v) is 8.87. The summed E-state index contributed by atoms with van der Waals surface area (Å²) in [6.07, 6.45) is 0.833. The Morgan fingerprint density at radius 3 is 2.32 bits per heavy atom. The van der Waals surface area contributed by atoms with Gasteiger partial charge in [-0.1, -0.05) is 55.0 Å². The molecule has 0 saturated carbocycles. The molecule has 1 saturated heterocycles. The number of anilines is 1.